The monoisotopic (exact) mass is 374 g/mol. The van der Waals surface area contributed by atoms with Crippen molar-refractivity contribution in [3.8, 4) is 0 Å². The number of carbonyl (C=O) groups excluding carboxylic acids is 1. The summed E-state index contributed by atoms with van der Waals surface area (Å²) in [5.41, 5.74) is 1.48. The molecular formula is C22H22N4O2. The molecule has 28 heavy (non-hydrogen) atoms. The number of carbonyl (C=O) groups is 1. The molecule has 2 aromatic heterocycles. The molecule has 6 heteroatoms. The summed E-state index contributed by atoms with van der Waals surface area (Å²) >= 11 is 0. The standard InChI is InChI=1S/C22H22N4O2/c1-15(2)13-26-20(11-12-23-26)24-21(27)14-25-18-9-5-3-7-16(18)22(28)17-8-4-6-10-19(17)25/h3-12,15H,13-14H2,1-2H3,(H,24,27). The first kappa shape index (κ1) is 18.0. The highest BCUT2D eigenvalue weighted by atomic mass is 16.2. The van der Waals surface area contributed by atoms with Gasteiger partial charge in [-0.2, -0.15) is 5.10 Å². The number of pyridine rings is 1. The second-order valence-corrected chi connectivity index (χ2v) is 7.29. The molecule has 1 amide bonds. The highest BCUT2D eigenvalue weighted by molar-refractivity contribution is 5.96. The largest absolute Gasteiger partial charge is 0.331 e. The summed E-state index contributed by atoms with van der Waals surface area (Å²) in [6, 6.07) is 16.6. The van der Waals surface area contributed by atoms with Crippen molar-refractivity contribution in [2.45, 2.75) is 26.9 Å². The Morgan fingerprint density at radius 2 is 1.61 bits per heavy atom. The maximum Gasteiger partial charge on any atom is 0.245 e. The molecular weight excluding hydrogens is 352 g/mol. The van der Waals surface area contributed by atoms with Gasteiger partial charge < -0.3 is 9.88 Å². The number of benzene rings is 2. The minimum absolute atomic E-state index is 0.0159. The molecule has 0 aliphatic carbocycles. The average molecular weight is 374 g/mol. The van der Waals surface area contributed by atoms with E-state index in [1.807, 2.05) is 41.0 Å². The van der Waals surface area contributed by atoms with Gasteiger partial charge in [0.2, 0.25) is 5.91 Å². The minimum atomic E-state index is -0.163. The number of nitrogens with one attached hydrogen (secondary N) is 1. The molecule has 0 atom stereocenters. The fourth-order valence-corrected chi connectivity index (χ4v) is 3.50. The lowest BCUT2D eigenvalue weighted by molar-refractivity contribution is -0.116. The first-order valence-electron chi connectivity index (χ1n) is 9.36. The number of amides is 1. The Hall–Kier alpha value is -3.41. The van der Waals surface area contributed by atoms with Crippen LogP contribution in [-0.4, -0.2) is 20.3 Å². The van der Waals surface area contributed by atoms with Gasteiger partial charge in [0.05, 0.1) is 17.2 Å². The van der Waals surface area contributed by atoms with Crippen molar-refractivity contribution in [1.29, 1.82) is 0 Å². The van der Waals surface area contributed by atoms with E-state index in [1.165, 1.54) is 0 Å². The van der Waals surface area contributed by atoms with Gasteiger partial charge in [-0.1, -0.05) is 38.1 Å². The zero-order valence-corrected chi connectivity index (χ0v) is 15.9. The minimum Gasteiger partial charge on any atom is -0.331 e. The third-order valence-electron chi connectivity index (χ3n) is 4.70. The van der Waals surface area contributed by atoms with Crippen LogP contribution >= 0.6 is 0 Å². The molecule has 0 spiro atoms. The maximum absolute atomic E-state index is 12.8. The number of hydrogen-bond donors (Lipinski definition) is 1. The summed E-state index contributed by atoms with van der Waals surface area (Å²) in [5.74, 6) is 0.931. The molecule has 0 unspecified atom stereocenters. The van der Waals surface area contributed by atoms with Crippen molar-refractivity contribution in [3.63, 3.8) is 0 Å². The number of nitrogens with zero attached hydrogens (tertiary/aromatic N) is 3. The second kappa shape index (κ2) is 7.31. The van der Waals surface area contributed by atoms with Gasteiger partial charge in [0.1, 0.15) is 12.4 Å². The van der Waals surface area contributed by atoms with E-state index in [2.05, 4.69) is 24.3 Å². The Kier molecular flexibility index (Phi) is 4.69. The van der Waals surface area contributed by atoms with Gasteiger partial charge in [-0.15, -0.1) is 0 Å². The van der Waals surface area contributed by atoms with Crippen molar-refractivity contribution < 1.29 is 4.79 Å². The number of rotatable bonds is 5. The van der Waals surface area contributed by atoms with Crippen molar-refractivity contribution in [2.24, 2.45) is 5.92 Å². The van der Waals surface area contributed by atoms with Crippen LogP contribution in [-0.2, 0) is 17.9 Å². The lowest BCUT2D eigenvalue weighted by Gasteiger charge is -2.16. The summed E-state index contributed by atoms with van der Waals surface area (Å²) in [4.78, 5) is 25.6. The predicted molar refractivity (Wildman–Crippen MR) is 111 cm³/mol. The number of para-hydroxylation sites is 2. The van der Waals surface area contributed by atoms with Crippen molar-refractivity contribution in [1.82, 2.24) is 14.3 Å². The summed E-state index contributed by atoms with van der Waals surface area (Å²) in [6.07, 6.45) is 1.68. The van der Waals surface area contributed by atoms with Gasteiger partial charge in [-0.3, -0.25) is 9.59 Å². The smallest absolute Gasteiger partial charge is 0.245 e. The molecule has 0 saturated heterocycles. The fraction of sp³-hybridized carbons (Fsp3) is 0.227. The van der Waals surface area contributed by atoms with Crippen LogP contribution in [0.25, 0.3) is 21.8 Å². The van der Waals surface area contributed by atoms with E-state index in [4.69, 9.17) is 0 Å². The second-order valence-electron chi connectivity index (χ2n) is 7.29. The molecule has 142 valence electrons. The SMILES string of the molecule is CC(C)Cn1nccc1NC(=O)Cn1c2ccccc2c(=O)c2ccccc21. The number of anilines is 1. The summed E-state index contributed by atoms with van der Waals surface area (Å²) < 4.78 is 3.69. The molecule has 0 fully saturated rings. The van der Waals surface area contributed by atoms with Crippen LogP contribution in [0.5, 0.6) is 0 Å². The first-order chi connectivity index (χ1) is 13.5. The zero-order chi connectivity index (χ0) is 19.7. The van der Waals surface area contributed by atoms with Crippen LogP contribution in [0.4, 0.5) is 5.82 Å². The predicted octanol–water partition coefficient (Wildman–Crippen LogP) is 3.65. The molecule has 0 bridgehead atoms. The zero-order valence-electron chi connectivity index (χ0n) is 15.9. The third kappa shape index (κ3) is 3.29. The number of aromatic nitrogens is 3. The molecule has 2 aromatic carbocycles. The van der Waals surface area contributed by atoms with Crippen molar-refractivity contribution >= 4 is 33.5 Å². The van der Waals surface area contributed by atoms with Gasteiger partial charge in [-0.25, -0.2) is 4.68 Å². The topological polar surface area (TPSA) is 68.9 Å². The van der Waals surface area contributed by atoms with Gasteiger partial charge in [0.15, 0.2) is 5.43 Å². The summed E-state index contributed by atoms with van der Waals surface area (Å²) in [7, 11) is 0. The van der Waals surface area contributed by atoms with Gasteiger partial charge in [0, 0.05) is 23.4 Å². The molecule has 0 aliphatic rings. The van der Waals surface area contributed by atoms with E-state index in [9.17, 15) is 9.59 Å². The fourth-order valence-electron chi connectivity index (χ4n) is 3.50. The lowest BCUT2D eigenvalue weighted by atomic mass is 10.1. The molecule has 0 saturated carbocycles. The van der Waals surface area contributed by atoms with Crippen molar-refractivity contribution in [2.75, 3.05) is 5.32 Å². The Labute approximate surface area is 162 Å². The van der Waals surface area contributed by atoms with E-state index in [0.717, 1.165) is 17.6 Å². The normalized spacial score (nSPS) is 11.4. The Balaban J connectivity index is 1.73. The number of hydrogen-bond acceptors (Lipinski definition) is 3. The van der Waals surface area contributed by atoms with Crippen LogP contribution in [0.15, 0.2) is 65.6 Å². The van der Waals surface area contributed by atoms with Crippen LogP contribution in [0.3, 0.4) is 0 Å². The van der Waals surface area contributed by atoms with Gasteiger partial charge in [-0.05, 0) is 30.2 Å². The average Bonchev–Trinajstić information content (AvgIpc) is 3.11. The maximum atomic E-state index is 12.8. The molecule has 1 N–H and O–H groups in total. The van der Waals surface area contributed by atoms with Gasteiger partial charge >= 0.3 is 0 Å². The summed E-state index contributed by atoms with van der Waals surface area (Å²) in [6.45, 7) is 5.04. The molecule has 4 aromatic rings. The first-order valence-corrected chi connectivity index (χ1v) is 9.36. The summed E-state index contributed by atoms with van der Waals surface area (Å²) in [5, 5.41) is 8.45. The van der Waals surface area contributed by atoms with Crippen molar-refractivity contribution in [3.05, 3.63) is 71.0 Å². The van der Waals surface area contributed by atoms with Crippen LogP contribution in [0.1, 0.15) is 13.8 Å². The quantitative estimate of drug-likeness (QED) is 0.542. The van der Waals surface area contributed by atoms with Gasteiger partial charge in [0.25, 0.3) is 0 Å². The van der Waals surface area contributed by atoms with E-state index in [0.29, 0.717) is 22.5 Å². The van der Waals surface area contributed by atoms with E-state index < -0.39 is 0 Å². The highest BCUT2D eigenvalue weighted by Gasteiger charge is 2.14. The van der Waals surface area contributed by atoms with E-state index in [-0.39, 0.29) is 17.9 Å². The molecule has 4 rings (SSSR count). The Morgan fingerprint density at radius 1 is 1.00 bits per heavy atom. The van der Waals surface area contributed by atoms with Crippen LogP contribution in [0, 0.1) is 5.92 Å². The molecule has 0 aliphatic heterocycles. The van der Waals surface area contributed by atoms with Crippen LogP contribution in [0.2, 0.25) is 0 Å². The Bertz CT molecular complexity index is 1160. The van der Waals surface area contributed by atoms with Crippen LogP contribution < -0.4 is 10.7 Å². The third-order valence-corrected chi connectivity index (χ3v) is 4.70. The molecule has 0 radical (unpaired) electrons. The van der Waals surface area contributed by atoms with E-state index in [1.54, 1.807) is 29.1 Å². The molecule has 2 heterocycles. The Morgan fingerprint density at radius 3 is 2.21 bits per heavy atom. The lowest BCUT2D eigenvalue weighted by Crippen LogP contribution is -2.23. The number of fused-ring (bicyclic) bond motifs is 2. The molecule has 6 nitrogen and oxygen atoms in total. The highest BCUT2D eigenvalue weighted by Crippen LogP contribution is 2.19. The van der Waals surface area contributed by atoms with E-state index >= 15 is 0 Å².